The number of para-hydroxylation sites is 1. The Morgan fingerprint density at radius 2 is 1.91 bits per heavy atom. The number of carbonyl (C=O) groups excluding carboxylic acids is 1. The number of ether oxygens (including phenoxy) is 1. The lowest BCUT2D eigenvalue weighted by Gasteiger charge is -2.04. The van der Waals surface area contributed by atoms with Gasteiger partial charge in [0.1, 0.15) is 11.4 Å². The molecule has 0 radical (unpaired) electrons. The van der Waals surface area contributed by atoms with Gasteiger partial charge in [0, 0.05) is 12.3 Å². The van der Waals surface area contributed by atoms with Gasteiger partial charge in [-0.1, -0.05) is 29.4 Å². The third-order valence-corrected chi connectivity index (χ3v) is 2.81. The number of carbonyl (C=O) groups is 1. The lowest BCUT2D eigenvalue weighted by Crippen LogP contribution is -2.19. The van der Waals surface area contributed by atoms with Gasteiger partial charge in [-0.15, -0.1) is 0 Å². The Kier molecular flexibility index (Phi) is 4.10. The molecule has 6 heteroatoms. The van der Waals surface area contributed by atoms with E-state index in [2.05, 4.69) is 15.5 Å². The fraction of sp³-hybridized carbons (Fsp3) is 0.0625. The number of hydrogen-bond acceptors (Lipinski definition) is 5. The Hall–Kier alpha value is -3.15. The molecule has 1 amide bonds. The smallest absolute Gasteiger partial charge is 0.264 e. The van der Waals surface area contributed by atoms with Crippen LogP contribution in [0.15, 0.2) is 65.3 Å². The van der Waals surface area contributed by atoms with Crippen LogP contribution in [0.25, 0.3) is 11.4 Å². The molecule has 0 fully saturated rings. The number of benzene rings is 1. The van der Waals surface area contributed by atoms with Crippen molar-refractivity contribution in [3.63, 3.8) is 0 Å². The van der Waals surface area contributed by atoms with Gasteiger partial charge >= 0.3 is 0 Å². The quantitative estimate of drug-likeness (QED) is 0.783. The van der Waals surface area contributed by atoms with Crippen molar-refractivity contribution in [3.8, 4) is 17.1 Å². The van der Waals surface area contributed by atoms with Gasteiger partial charge in [-0.25, -0.2) is 0 Å². The standard InChI is InChI=1S/C16H13N3O3/c20-15(11-21-12-6-2-1-3-7-12)18-16-10-14(19-22-16)13-8-4-5-9-17-13/h1-10H,11H2,(H,18,20). The number of nitrogens with one attached hydrogen (secondary N) is 1. The molecule has 110 valence electrons. The van der Waals surface area contributed by atoms with Crippen molar-refractivity contribution >= 4 is 11.8 Å². The minimum Gasteiger partial charge on any atom is -0.484 e. The predicted octanol–water partition coefficient (Wildman–Crippen LogP) is 2.75. The maximum atomic E-state index is 11.8. The minimum atomic E-state index is -0.326. The number of pyridine rings is 1. The lowest BCUT2D eigenvalue weighted by atomic mass is 10.3. The van der Waals surface area contributed by atoms with Crippen LogP contribution in [0.5, 0.6) is 5.75 Å². The van der Waals surface area contributed by atoms with Gasteiger partial charge in [-0.2, -0.15) is 0 Å². The average molecular weight is 295 g/mol. The van der Waals surface area contributed by atoms with Gasteiger partial charge in [0.25, 0.3) is 5.91 Å². The molecule has 22 heavy (non-hydrogen) atoms. The van der Waals surface area contributed by atoms with Gasteiger partial charge in [0.05, 0.1) is 5.69 Å². The molecule has 0 aliphatic carbocycles. The Morgan fingerprint density at radius 1 is 1.09 bits per heavy atom. The monoisotopic (exact) mass is 295 g/mol. The number of anilines is 1. The van der Waals surface area contributed by atoms with Crippen LogP contribution in [0.3, 0.4) is 0 Å². The van der Waals surface area contributed by atoms with Gasteiger partial charge in [-0.05, 0) is 24.3 Å². The summed E-state index contributed by atoms with van der Waals surface area (Å²) in [7, 11) is 0. The van der Waals surface area contributed by atoms with Crippen LogP contribution in [0.1, 0.15) is 0 Å². The summed E-state index contributed by atoms with van der Waals surface area (Å²) < 4.78 is 10.4. The zero-order chi connectivity index (χ0) is 15.2. The van der Waals surface area contributed by atoms with Crippen LogP contribution in [0.4, 0.5) is 5.88 Å². The SMILES string of the molecule is O=C(COc1ccccc1)Nc1cc(-c2ccccn2)no1. The van der Waals surface area contributed by atoms with Crippen LogP contribution < -0.4 is 10.1 Å². The second kappa shape index (κ2) is 6.53. The number of hydrogen-bond donors (Lipinski definition) is 1. The molecule has 6 nitrogen and oxygen atoms in total. The van der Waals surface area contributed by atoms with Crippen molar-refractivity contribution < 1.29 is 14.1 Å². The normalized spacial score (nSPS) is 10.2. The van der Waals surface area contributed by atoms with Crippen molar-refractivity contribution in [3.05, 3.63) is 60.8 Å². The number of nitrogens with zero attached hydrogens (tertiary/aromatic N) is 2. The Balaban J connectivity index is 1.57. The van der Waals surface area contributed by atoms with Crippen molar-refractivity contribution in [2.75, 3.05) is 11.9 Å². The van der Waals surface area contributed by atoms with E-state index in [1.807, 2.05) is 36.4 Å². The molecule has 2 aromatic heterocycles. The van der Waals surface area contributed by atoms with Crippen LogP contribution in [-0.4, -0.2) is 22.7 Å². The fourth-order valence-corrected chi connectivity index (χ4v) is 1.81. The first-order valence-corrected chi connectivity index (χ1v) is 6.67. The van der Waals surface area contributed by atoms with Gasteiger partial charge in [0.15, 0.2) is 6.61 Å². The van der Waals surface area contributed by atoms with Gasteiger partial charge in [-0.3, -0.25) is 15.1 Å². The molecule has 0 aliphatic heterocycles. The molecule has 0 bridgehead atoms. The minimum absolute atomic E-state index is 0.108. The first-order chi connectivity index (χ1) is 10.8. The van der Waals surface area contributed by atoms with E-state index in [9.17, 15) is 4.79 Å². The Bertz CT molecular complexity index is 742. The molecule has 0 atom stereocenters. The molecule has 0 saturated carbocycles. The maximum Gasteiger partial charge on any atom is 0.264 e. The molecule has 0 aliphatic rings. The summed E-state index contributed by atoms with van der Waals surface area (Å²) in [5, 5.41) is 6.45. The number of aromatic nitrogens is 2. The molecule has 0 spiro atoms. The fourth-order valence-electron chi connectivity index (χ4n) is 1.81. The van der Waals surface area contributed by atoms with E-state index in [-0.39, 0.29) is 18.4 Å². The third-order valence-electron chi connectivity index (χ3n) is 2.81. The van der Waals surface area contributed by atoms with Crippen molar-refractivity contribution in [1.29, 1.82) is 0 Å². The number of rotatable bonds is 5. The average Bonchev–Trinajstić information content (AvgIpc) is 3.03. The van der Waals surface area contributed by atoms with Gasteiger partial charge in [0.2, 0.25) is 5.88 Å². The van der Waals surface area contributed by atoms with Crippen molar-refractivity contribution in [2.45, 2.75) is 0 Å². The highest BCUT2D eigenvalue weighted by Crippen LogP contribution is 2.19. The zero-order valence-corrected chi connectivity index (χ0v) is 11.6. The van der Waals surface area contributed by atoms with E-state index < -0.39 is 0 Å². The number of amides is 1. The summed E-state index contributed by atoms with van der Waals surface area (Å²) in [5.74, 6) is 0.555. The molecule has 1 aromatic carbocycles. The Labute approximate surface area is 126 Å². The maximum absolute atomic E-state index is 11.8. The molecule has 0 unspecified atom stereocenters. The van der Waals surface area contributed by atoms with Crippen LogP contribution >= 0.6 is 0 Å². The van der Waals surface area contributed by atoms with E-state index in [4.69, 9.17) is 9.26 Å². The van der Waals surface area contributed by atoms with E-state index >= 15 is 0 Å². The summed E-state index contributed by atoms with van der Waals surface area (Å²) in [6.45, 7) is -0.108. The zero-order valence-electron chi connectivity index (χ0n) is 11.6. The van der Waals surface area contributed by atoms with Crippen molar-refractivity contribution in [1.82, 2.24) is 10.1 Å². The molecular weight excluding hydrogens is 282 g/mol. The lowest BCUT2D eigenvalue weighted by molar-refractivity contribution is -0.118. The van der Waals surface area contributed by atoms with Crippen molar-refractivity contribution in [2.24, 2.45) is 0 Å². The second-order valence-electron chi connectivity index (χ2n) is 4.44. The Morgan fingerprint density at radius 3 is 2.68 bits per heavy atom. The first kappa shape index (κ1) is 13.8. The summed E-state index contributed by atoms with van der Waals surface area (Å²) in [5.41, 5.74) is 1.23. The largest absolute Gasteiger partial charge is 0.484 e. The van der Waals surface area contributed by atoms with E-state index in [0.29, 0.717) is 17.1 Å². The summed E-state index contributed by atoms with van der Waals surface area (Å²) in [6, 6.07) is 16.2. The van der Waals surface area contributed by atoms with Crippen LogP contribution in [-0.2, 0) is 4.79 Å². The third kappa shape index (κ3) is 3.49. The highest BCUT2D eigenvalue weighted by molar-refractivity contribution is 5.90. The molecule has 3 rings (SSSR count). The summed E-state index contributed by atoms with van der Waals surface area (Å²) in [4.78, 5) is 15.9. The molecular formula is C16H13N3O3. The molecule has 1 N–H and O–H groups in total. The van der Waals surface area contributed by atoms with Gasteiger partial charge < -0.3 is 9.26 Å². The summed E-state index contributed by atoms with van der Waals surface area (Å²) >= 11 is 0. The highest BCUT2D eigenvalue weighted by atomic mass is 16.5. The van der Waals surface area contributed by atoms with Crippen LogP contribution in [0, 0.1) is 0 Å². The second-order valence-corrected chi connectivity index (χ2v) is 4.44. The molecule has 2 heterocycles. The van der Waals surface area contributed by atoms with Crippen LogP contribution in [0.2, 0.25) is 0 Å². The molecule has 3 aromatic rings. The topological polar surface area (TPSA) is 77.2 Å². The van der Waals surface area contributed by atoms with E-state index in [1.54, 1.807) is 24.4 Å². The highest BCUT2D eigenvalue weighted by Gasteiger charge is 2.10. The molecule has 0 saturated heterocycles. The predicted molar refractivity (Wildman–Crippen MR) is 80.3 cm³/mol. The summed E-state index contributed by atoms with van der Waals surface area (Å²) in [6.07, 6.45) is 1.66. The van der Waals surface area contributed by atoms with E-state index in [0.717, 1.165) is 0 Å². The van der Waals surface area contributed by atoms with E-state index in [1.165, 1.54) is 0 Å². The first-order valence-electron chi connectivity index (χ1n) is 6.67.